The van der Waals surface area contributed by atoms with Crippen LogP contribution in [0, 0.1) is 12.3 Å². The van der Waals surface area contributed by atoms with Crippen LogP contribution in [0.2, 0.25) is 0 Å². The Morgan fingerprint density at radius 2 is 2.06 bits per heavy atom. The quantitative estimate of drug-likeness (QED) is 0.793. The molecule has 94 valence electrons. The summed E-state index contributed by atoms with van der Waals surface area (Å²) in [6, 6.07) is 8.56. The normalized spacial score (nSPS) is 20.9. The first kappa shape index (κ1) is 11.3. The van der Waals surface area contributed by atoms with Gasteiger partial charge in [0.2, 0.25) is 0 Å². The smallest absolute Gasteiger partial charge is 0.0727 e. The van der Waals surface area contributed by atoms with Gasteiger partial charge >= 0.3 is 0 Å². The molecule has 1 aromatic heterocycles. The Kier molecular flexibility index (Phi) is 2.27. The van der Waals surface area contributed by atoms with Gasteiger partial charge in [-0.1, -0.05) is 13.8 Å². The van der Waals surface area contributed by atoms with E-state index in [4.69, 9.17) is 5.73 Å². The Morgan fingerprint density at radius 3 is 2.72 bits per heavy atom. The molecule has 1 aliphatic carbocycles. The van der Waals surface area contributed by atoms with Gasteiger partial charge in [0.25, 0.3) is 0 Å². The van der Waals surface area contributed by atoms with Crippen molar-refractivity contribution >= 4 is 22.3 Å². The molecule has 1 heterocycles. The van der Waals surface area contributed by atoms with E-state index in [2.05, 4.69) is 30.2 Å². The summed E-state index contributed by atoms with van der Waals surface area (Å²) in [6.45, 7) is 6.60. The average molecular weight is 241 g/mol. The predicted octanol–water partition coefficient (Wildman–Crippen LogP) is 3.34. The van der Waals surface area contributed by atoms with Crippen LogP contribution in [0.15, 0.2) is 24.3 Å². The Bertz CT molecular complexity index is 616. The minimum atomic E-state index is 0.407. The predicted molar refractivity (Wildman–Crippen MR) is 76.7 cm³/mol. The molecular weight excluding hydrogens is 222 g/mol. The highest BCUT2D eigenvalue weighted by molar-refractivity contribution is 5.93. The lowest BCUT2D eigenvalue weighted by Gasteiger charge is -2.12. The van der Waals surface area contributed by atoms with Gasteiger partial charge in [-0.2, -0.15) is 0 Å². The molecule has 0 amide bonds. The van der Waals surface area contributed by atoms with Crippen LogP contribution in [0.25, 0.3) is 10.9 Å². The monoisotopic (exact) mass is 241 g/mol. The van der Waals surface area contributed by atoms with E-state index in [1.165, 1.54) is 6.42 Å². The molecule has 3 rings (SSSR count). The minimum absolute atomic E-state index is 0.407. The zero-order valence-electron chi connectivity index (χ0n) is 11.1. The molecule has 3 heteroatoms. The maximum absolute atomic E-state index is 5.87. The summed E-state index contributed by atoms with van der Waals surface area (Å²) in [4.78, 5) is 4.55. The molecule has 3 N–H and O–H groups in total. The van der Waals surface area contributed by atoms with Gasteiger partial charge < -0.3 is 11.1 Å². The second kappa shape index (κ2) is 3.61. The van der Waals surface area contributed by atoms with Gasteiger partial charge in [0, 0.05) is 28.5 Å². The van der Waals surface area contributed by atoms with Crippen LogP contribution in [-0.4, -0.2) is 11.0 Å². The summed E-state index contributed by atoms with van der Waals surface area (Å²) in [6.07, 6.45) is 1.22. The van der Waals surface area contributed by atoms with Crippen LogP contribution in [-0.2, 0) is 0 Å². The number of nitrogen functional groups attached to an aromatic ring is 1. The highest BCUT2D eigenvalue weighted by Gasteiger charge is 2.45. The van der Waals surface area contributed by atoms with Crippen LogP contribution in [0.3, 0.4) is 0 Å². The van der Waals surface area contributed by atoms with Crippen molar-refractivity contribution in [2.45, 2.75) is 33.2 Å². The molecule has 1 unspecified atom stereocenters. The highest BCUT2D eigenvalue weighted by Crippen LogP contribution is 2.47. The summed E-state index contributed by atoms with van der Waals surface area (Å²) in [5, 5.41) is 4.74. The van der Waals surface area contributed by atoms with E-state index in [-0.39, 0.29) is 0 Å². The number of hydrogen-bond donors (Lipinski definition) is 2. The number of nitrogens with two attached hydrogens (primary N) is 1. The molecule has 1 aromatic carbocycles. The summed E-state index contributed by atoms with van der Waals surface area (Å²) >= 11 is 0. The molecule has 0 bridgehead atoms. The van der Waals surface area contributed by atoms with E-state index in [1.807, 2.05) is 25.1 Å². The van der Waals surface area contributed by atoms with Gasteiger partial charge in [0.1, 0.15) is 0 Å². The molecule has 3 nitrogen and oxygen atoms in total. The van der Waals surface area contributed by atoms with Crippen LogP contribution in [0.4, 0.5) is 11.4 Å². The van der Waals surface area contributed by atoms with E-state index in [9.17, 15) is 0 Å². The Labute approximate surface area is 107 Å². The number of aromatic nitrogens is 1. The number of aryl methyl sites for hydroxylation is 1. The molecule has 1 atom stereocenters. The first-order chi connectivity index (χ1) is 8.45. The first-order valence-electron chi connectivity index (χ1n) is 6.39. The van der Waals surface area contributed by atoms with Gasteiger partial charge in [-0.15, -0.1) is 0 Å². The Morgan fingerprint density at radius 1 is 1.33 bits per heavy atom. The molecular formula is C15H19N3. The van der Waals surface area contributed by atoms with Crippen molar-refractivity contribution in [2.24, 2.45) is 5.41 Å². The largest absolute Gasteiger partial charge is 0.399 e. The third kappa shape index (κ3) is 1.90. The topological polar surface area (TPSA) is 50.9 Å². The van der Waals surface area contributed by atoms with Crippen LogP contribution in [0.5, 0.6) is 0 Å². The second-order valence-electron chi connectivity index (χ2n) is 5.98. The van der Waals surface area contributed by atoms with Crippen LogP contribution >= 0.6 is 0 Å². The fraction of sp³-hybridized carbons (Fsp3) is 0.400. The third-order valence-corrected chi connectivity index (χ3v) is 3.80. The lowest BCUT2D eigenvalue weighted by molar-refractivity contribution is 0.631. The summed E-state index contributed by atoms with van der Waals surface area (Å²) in [5.74, 6) is 0. The van der Waals surface area contributed by atoms with Gasteiger partial charge in [0.05, 0.1) is 5.52 Å². The second-order valence-corrected chi connectivity index (χ2v) is 5.98. The van der Waals surface area contributed by atoms with E-state index in [0.29, 0.717) is 11.5 Å². The van der Waals surface area contributed by atoms with Gasteiger partial charge in [-0.25, -0.2) is 0 Å². The molecule has 0 spiro atoms. The van der Waals surface area contributed by atoms with E-state index in [0.717, 1.165) is 28.0 Å². The average Bonchev–Trinajstić information content (AvgIpc) is 2.87. The number of nitrogens with zero attached hydrogens (tertiary/aromatic N) is 1. The number of pyridine rings is 1. The lowest BCUT2D eigenvalue weighted by atomic mass is 10.1. The SMILES string of the molecule is Cc1cc(NC2CC2(C)C)c2cc(N)ccc2n1. The fourth-order valence-electron chi connectivity index (χ4n) is 2.40. The fourth-order valence-corrected chi connectivity index (χ4v) is 2.40. The molecule has 0 aliphatic heterocycles. The van der Waals surface area contributed by atoms with Crippen molar-refractivity contribution in [2.75, 3.05) is 11.1 Å². The molecule has 0 saturated heterocycles. The maximum Gasteiger partial charge on any atom is 0.0727 e. The molecule has 1 saturated carbocycles. The number of fused-ring (bicyclic) bond motifs is 1. The van der Waals surface area contributed by atoms with Crippen LogP contribution < -0.4 is 11.1 Å². The Balaban J connectivity index is 2.06. The van der Waals surface area contributed by atoms with Crippen LogP contribution in [0.1, 0.15) is 26.0 Å². The van der Waals surface area contributed by atoms with Crippen molar-refractivity contribution in [3.63, 3.8) is 0 Å². The van der Waals surface area contributed by atoms with Crippen molar-refractivity contribution in [1.29, 1.82) is 0 Å². The zero-order valence-corrected chi connectivity index (χ0v) is 11.1. The molecule has 1 aliphatic rings. The maximum atomic E-state index is 5.87. The molecule has 0 radical (unpaired) electrons. The molecule has 18 heavy (non-hydrogen) atoms. The summed E-state index contributed by atoms with van der Waals surface area (Å²) < 4.78 is 0. The van der Waals surface area contributed by atoms with E-state index in [1.54, 1.807) is 0 Å². The molecule has 1 fully saturated rings. The zero-order chi connectivity index (χ0) is 12.9. The summed E-state index contributed by atoms with van der Waals surface area (Å²) in [7, 11) is 0. The van der Waals surface area contributed by atoms with Crippen molar-refractivity contribution in [3.05, 3.63) is 30.0 Å². The van der Waals surface area contributed by atoms with E-state index >= 15 is 0 Å². The number of anilines is 2. The van der Waals surface area contributed by atoms with E-state index < -0.39 is 0 Å². The first-order valence-corrected chi connectivity index (χ1v) is 6.39. The third-order valence-electron chi connectivity index (χ3n) is 3.80. The van der Waals surface area contributed by atoms with Crippen molar-refractivity contribution < 1.29 is 0 Å². The highest BCUT2D eigenvalue weighted by atomic mass is 15.0. The summed E-state index contributed by atoms with van der Waals surface area (Å²) in [5.41, 5.74) is 10.3. The standard InChI is InChI=1S/C15H19N3/c1-9-6-13(18-14-8-15(14,2)3)11-7-10(16)4-5-12(11)17-9/h4-7,14H,8,16H2,1-3H3,(H,17,18). The number of hydrogen-bond acceptors (Lipinski definition) is 3. The molecule has 2 aromatic rings. The lowest BCUT2D eigenvalue weighted by Crippen LogP contribution is -2.09. The number of benzene rings is 1. The van der Waals surface area contributed by atoms with Crippen molar-refractivity contribution in [3.8, 4) is 0 Å². The number of nitrogens with one attached hydrogen (secondary N) is 1. The number of rotatable bonds is 2. The Hall–Kier alpha value is -1.77. The minimum Gasteiger partial charge on any atom is -0.399 e. The van der Waals surface area contributed by atoms with Gasteiger partial charge in [0.15, 0.2) is 0 Å². The van der Waals surface area contributed by atoms with Gasteiger partial charge in [-0.3, -0.25) is 4.98 Å². The van der Waals surface area contributed by atoms with Gasteiger partial charge in [-0.05, 0) is 43.0 Å². The van der Waals surface area contributed by atoms with Crippen molar-refractivity contribution in [1.82, 2.24) is 4.98 Å².